The predicted octanol–water partition coefficient (Wildman–Crippen LogP) is 2.45. The van der Waals surface area contributed by atoms with Crippen molar-refractivity contribution in [2.45, 2.75) is 38.5 Å². The second-order valence-corrected chi connectivity index (χ2v) is 6.26. The number of ether oxygens (including phenoxy) is 1. The summed E-state index contributed by atoms with van der Waals surface area (Å²) >= 11 is 0. The summed E-state index contributed by atoms with van der Waals surface area (Å²) in [5, 5.41) is 6.00. The van der Waals surface area contributed by atoms with Crippen molar-refractivity contribution >= 4 is 6.03 Å². The topological polar surface area (TPSA) is 68.2 Å². The van der Waals surface area contributed by atoms with Crippen LogP contribution in [0.25, 0.3) is 0 Å². The molecule has 0 bridgehead atoms. The van der Waals surface area contributed by atoms with Crippen molar-refractivity contribution in [3.05, 3.63) is 53.6 Å². The molecule has 6 heteroatoms. The number of aryl methyl sites for hydroxylation is 2. The van der Waals surface area contributed by atoms with E-state index in [0.717, 1.165) is 24.1 Å². The summed E-state index contributed by atoms with van der Waals surface area (Å²) in [4.78, 5) is 16.3. The van der Waals surface area contributed by atoms with Crippen LogP contribution in [0.2, 0.25) is 0 Å². The van der Waals surface area contributed by atoms with Crippen LogP contribution in [0.5, 0.6) is 0 Å². The van der Waals surface area contributed by atoms with Gasteiger partial charge in [0.15, 0.2) is 0 Å². The van der Waals surface area contributed by atoms with Crippen LogP contribution in [0, 0.1) is 6.92 Å². The third-order valence-corrected chi connectivity index (χ3v) is 4.50. The number of imidazole rings is 1. The molecular weight excluding hydrogens is 304 g/mol. The van der Waals surface area contributed by atoms with Crippen molar-refractivity contribution in [1.82, 2.24) is 20.2 Å². The quantitative estimate of drug-likeness (QED) is 0.906. The van der Waals surface area contributed by atoms with Crippen LogP contribution in [0.1, 0.15) is 35.8 Å². The predicted molar refractivity (Wildman–Crippen MR) is 91.5 cm³/mol. The molecule has 0 saturated carbocycles. The van der Waals surface area contributed by atoms with Gasteiger partial charge in [-0.2, -0.15) is 0 Å². The molecule has 2 N–H and O–H groups in total. The van der Waals surface area contributed by atoms with Gasteiger partial charge >= 0.3 is 6.03 Å². The number of aromatic nitrogens is 2. The zero-order chi connectivity index (χ0) is 16.9. The van der Waals surface area contributed by atoms with Crippen LogP contribution in [-0.4, -0.2) is 28.2 Å². The van der Waals surface area contributed by atoms with Crippen molar-refractivity contribution < 1.29 is 9.53 Å². The van der Waals surface area contributed by atoms with Crippen molar-refractivity contribution in [2.24, 2.45) is 7.05 Å². The third-order valence-electron chi connectivity index (χ3n) is 4.50. The Morgan fingerprint density at radius 3 is 3.00 bits per heavy atom. The number of carbonyl (C=O) groups excluding carboxylic acids is 1. The molecule has 0 radical (unpaired) electrons. The molecule has 1 fully saturated rings. The molecule has 1 aromatic carbocycles. The van der Waals surface area contributed by atoms with Crippen molar-refractivity contribution in [1.29, 1.82) is 0 Å². The van der Waals surface area contributed by atoms with Gasteiger partial charge in [-0.3, -0.25) is 0 Å². The van der Waals surface area contributed by atoms with Gasteiger partial charge < -0.3 is 19.9 Å². The van der Waals surface area contributed by atoms with Crippen LogP contribution in [0.4, 0.5) is 4.79 Å². The summed E-state index contributed by atoms with van der Waals surface area (Å²) in [5.41, 5.74) is 3.36. The maximum atomic E-state index is 12.2. The van der Waals surface area contributed by atoms with Gasteiger partial charge in [0.05, 0.1) is 18.2 Å². The number of amides is 2. The molecule has 2 atom stereocenters. The summed E-state index contributed by atoms with van der Waals surface area (Å²) < 4.78 is 7.79. The molecule has 2 heterocycles. The zero-order valence-corrected chi connectivity index (χ0v) is 14.2. The highest BCUT2D eigenvalue weighted by molar-refractivity contribution is 5.74. The van der Waals surface area contributed by atoms with Crippen molar-refractivity contribution in [2.75, 3.05) is 6.61 Å². The fraction of sp³-hybridized carbons (Fsp3) is 0.444. The average molecular weight is 328 g/mol. The Morgan fingerprint density at radius 1 is 1.42 bits per heavy atom. The van der Waals surface area contributed by atoms with Crippen LogP contribution in [0.15, 0.2) is 36.8 Å². The lowest BCUT2D eigenvalue weighted by atomic mass is 10.0. The van der Waals surface area contributed by atoms with E-state index in [2.05, 4.69) is 15.6 Å². The van der Waals surface area contributed by atoms with E-state index in [-0.39, 0.29) is 18.2 Å². The SMILES string of the molecule is Cc1ccccc1CNC(=O)NC1CCOC(c2cncn2C)C1. The first-order valence-corrected chi connectivity index (χ1v) is 8.30. The third kappa shape index (κ3) is 3.94. The maximum Gasteiger partial charge on any atom is 0.315 e. The van der Waals surface area contributed by atoms with Crippen LogP contribution in [-0.2, 0) is 18.3 Å². The monoisotopic (exact) mass is 328 g/mol. The standard InChI is InChI=1S/C18H24N4O2/c1-13-5-3-4-6-14(13)10-20-18(23)21-15-7-8-24-17(9-15)16-11-19-12-22(16)2/h3-6,11-12,15,17H,7-10H2,1-2H3,(H2,20,21,23). The van der Waals surface area contributed by atoms with Gasteiger partial charge in [0.25, 0.3) is 0 Å². The van der Waals surface area contributed by atoms with Crippen LogP contribution < -0.4 is 10.6 Å². The smallest absolute Gasteiger partial charge is 0.315 e. The van der Waals surface area contributed by atoms with E-state index < -0.39 is 0 Å². The van der Waals surface area contributed by atoms with E-state index in [9.17, 15) is 4.79 Å². The zero-order valence-electron chi connectivity index (χ0n) is 14.2. The van der Waals surface area contributed by atoms with E-state index in [1.807, 2.05) is 49.0 Å². The first kappa shape index (κ1) is 16.5. The Kier molecular flexibility index (Phi) is 5.15. The van der Waals surface area contributed by atoms with Gasteiger partial charge in [0.1, 0.15) is 6.10 Å². The molecule has 2 amide bonds. The molecule has 1 aliphatic rings. The number of rotatable bonds is 4. The minimum atomic E-state index is -0.131. The fourth-order valence-corrected chi connectivity index (χ4v) is 3.03. The lowest BCUT2D eigenvalue weighted by Crippen LogP contribution is -2.44. The number of hydrogen-bond donors (Lipinski definition) is 2. The molecule has 1 aliphatic heterocycles. The summed E-state index contributed by atoms with van der Waals surface area (Å²) in [7, 11) is 1.96. The number of carbonyl (C=O) groups is 1. The lowest BCUT2D eigenvalue weighted by molar-refractivity contribution is -0.00178. The molecule has 6 nitrogen and oxygen atoms in total. The summed E-state index contributed by atoms with van der Waals surface area (Å²) in [6.45, 7) is 3.22. The summed E-state index contributed by atoms with van der Waals surface area (Å²) in [6.07, 6.45) is 5.16. The highest BCUT2D eigenvalue weighted by atomic mass is 16.5. The lowest BCUT2D eigenvalue weighted by Gasteiger charge is -2.30. The van der Waals surface area contributed by atoms with Gasteiger partial charge in [0.2, 0.25) is 0 Å². The second kappa shape index (κ2) is 7.49. The first-order chi connectivity index (χ1) is 11.6. The Balaban J connectivity index is 1.51. The first-order valence-electron chi connectivity index (χ1n) is 8.30. The minimum absolute atomic E-state index is 0.0204. The number of hydrogen-bond acceptors (Lipinski definition) is 3. The van der Waals surface area contributed by atoms with Crippen molar-refractivity contribution in [3.8, 4) is 0 Å². The van der Waals surface area contributed by atoms with E-state index in [4.69, 9.17) is 4.74 Å². The minimum Gasteiger partial charge on any atom is -0.372 e. The fourth-order valence-electron chi connectivity index (χ4n) is 3.03. The Hall–Kier alpha value is -2.34. The summed E-state index contributed by atoms with van der Waals surface area (Å²) in [6, 6.07) is 8.04. The Bertz CT molecular complexity index is 698. The molecular formula is C18H24N4O2. The van der Waals surface area contributed by atoms with Crippen molar-refractivity contribution in [3.63, 3.8) is 0 Å². The molecule has 128 valence electrons. The van der Waals surface area contributed by atoms with Gasteiger partial charge in [-0.25, -0.2) is 9.78 Å². The molecule has 0 aliphatic carbocycles. The highest BCUT2D eigenvalue weighted by Crippen LogP contribution is 2.27. The van der Waals surface area contributed by atoms with E-state index >= 15 is 0 Å². The molecule has 2 unspecified atom stereocenters. The molecule has 3 rings (SSSR count). The van der Waals surface area contributed by atoms with Gasteiger partial charge in [-0.05, 0) is 30.9 Å². The second-order valence-electron chi connectivity index (χ2n) is 6.26. The van der Waals surface area contributed by atoms with Gasteiger partial charge in [-0.15, -0.1) is 0 Å². The van der Waals surface area contributed by atoms with Gasteiger partial charge in [-0.1, -0.05) is 24.3 Å². The Morgan fingerprint density at radius 2 is 2.25 bits per heavy atom. The largest absolute Gasteiger partial charge is 0.372 e. The molecule has 1 aromatic heterocycles. The molecule has 2 aromatic rings. The average Bonchev–Trinajstić information content (AvgIpc) is 3.00. The van der Waals surface area contributed by atoms with Crippen LogP contribution in [0.3, 0.4) is 0 Å². The highest BCUT2D eigenvalue weighted by Gasteiger charge is 2.26. The maximum absolute atomic E-state index is 12.2. The number of nitrogens with zero attached hydrogens (tertiary/aromatic N) is 2. The molecule has 24 heavy (non-hydrogen) atoms. The molecule has 1 saturated heterocycles. The van der Waals surface area contributed by atoms with E-state index in [1.54, 1.807) is 6.33 Å². The Labute approximate surface area is 142 Å². The van der Waals surface area contributed by atoms with Crippen LogP contribution >= 0.6 is 0 Å². The van der Waals surface area contributed by atoms with E-state index in [1.165, 1.54) is 5.56 Å². The van der Waals surface area contributed by atoms with E-state index in [0.29, 0.717) is 13.2 Å². The summed E-state index contributed by atoms with van der Waals surface area (Å²) in [5.74, 6) is 0. The molecule has 0 spiro atoms. The number of nitrogens with one attached hydrogen (secondary N) is 2. The number of urea groups is 1. The normalized spacial score (nSPS) is 20.6. The van der Waals surface area contributed by atoms with Gasteiger partial charge in [0, 0.05) is 26.2 Å². The number of benzene rings is 1.